The Balaban J connectivity index is 2.24. The quantitative estimate of drug-likeness (QED) is 0.831. The van der Waals surface area contributed by atoms with Gasteiger partial charge in [-0.05, 0) is 24.3 Å². The molecule has 2 N–H and O–H groups in total. The number of hydrogen-bond donors (Lipinski definition) is 2. The van der Waals surface area contributed by atoms with Gasteiger partial charge in [0.25, 0.3) is 5.91 Å². The first-order valence-electron chi connectivity index (χ1n) is 4.84. The van der Waals surface area contributed by atoms with Crippen LogP contribution in [0.25, 0.3) is 0 Å². The predicted octanol–water partition coefficient (Wildman–Crippen LogP) is 2.74. The molecule has 0 fully saturated rings. The van der Waals surface area contributed by atoms with Crippen LogP contribution in [0.4, 0.5) is 5.95 Å². The van der Waals surface area contributed by atoms with Gasteiger partial charge in [-0.2, -0.15) is 0 Å². The van der Waals surface area contributed by atoms with E-state index in [-0.39, 0.29) is 22.4 Å². The van der Waals surface area contributed by atoms with E-state index < -0.39 is 5.91 Å². The molecule has 2 aromatic rings. The van der Waals surface area contributed by atoms with Gasteiger partial charge in [-0.25, -0.2) is 9.97 Å². The highest BCUT2D eigenvalue weighted by Crippen LogP contribution is 2.22. The van der Waals surface area contributed by atoms with Gasteiger partial charge in [0.05, 0.1) is 5.56 Å². The Morgan fingerprint density at radius 1 is 1.28 bits per heavy atom. The van der Waals surface area contributed by atoms with Crippen molar-refractivity contribution in [2.24, 2.45) is 0 Å². The molecule has 5 nitrogen and oxygen atoms in total. The van der Waals surface area contributed by atoms with Crippen molar-refractivity contribution in [2.45, 2.75) is 0 Å². The fraction of sp³-hybridized carbons (Fsp3) is 0. The van der Waals surface area contributed by atoms with Crippen molar-refractivity contribution in [3.05, 3.63) is 46.2 Å². The number of anilines is 1. The molecule has 0 atom stereocenters. The lowest BCUT2D eigenvalue weighted by atomic mass is 10.2. The Kier molecular flexibility index (Phi) is 3.64. The number of carbonyl (C=O) groups is 1. The van der Waals surface area contributed by atoms with E-state index in [1.165, 1.54) is 30.5 Å². The molecule has 1 heterocycles. The van der Waals surface area contributed by atoms with E-state index in [0.29, 0.717) is 5.02 Å². The second-order valence-corrected chi connectivity index (χ2v) is 4.14. The number of rotatable bonds is 2. The summed E-state index contributed by atoms with van der Waals surface area (Å²) < 4.78 is 0. The monoisotopic (exact) mass is 283 g/mol. The van der Waals surface area contributed by atoms with Gasteiger partial charge in [-0.3, -0.25) is 10.1 Å². The van der Waals surface area contributed by atoms with Crippen molar-refractivity contribution in [1.29, 1.82) is 0 Å². The lowest BCUT2D eigenvalue weighted by Gasteiger charge is -2.05. The van der Waals surface area contributed by atoms with Crippen molar-refractivity contribution in [1.82, 2.24) is 9.97 Å². The molecular weight excluding hydrogens is 277 g/mol. The fourth-order valence-electron chi connectivity index (χ4n) is 1.26. The zero-order valence-electron chi connectivity index (χ0n) is 8.89. The van der Waals surface area contributed by atoms with Crippen LogP contribution in [-0.2, 0) is 0 Å². The van der Waals surface area contributed by atoms with Crippen LogP contribution in [0.2, 0.25) is 10.2 Å². The molecule has 0 spiro atoms. The van der Waals surface area contributed by atoms with Crippen LogP contribution in [0.3, 0.4) is 0 Å². The number of carbonyl (C=O) groups excluding carboxylic acids is 1. The topological polar surface area (TPSA) is 75.1 Å². The number of nitrogens with zero attached hydrogens (tertiary/aromatic N) is 2. The summed E-state index contributed by atoms with van der Waals surface area (Å²) in [6.07, 6.45) is 1.41. The molecule has 7 heteroatoms. The summed E-state index contributed by atoms with van der Waals surface area (Å²) in [6.45, 7) is 0. The van der Waals surface area contributed by atoms with E-state index in [0.717, 1.165) is 0 Å². The molecule has 0 radical (unpaired) electrons. The molecule has 0 bridgehead atoms. The molecule has 0 saturated carbocycles. The number of aromatic nitrogens is 2. The van der Waals surface area contributed by atoms with Crippen molar-refractivity contribution in [3.8, 4) is 5.75 Å². The van der Waals surface area contributed by atoms with Gasteiger partial charge in [0.2, 0.25) is 5.95 Å². The van der Waals surface area contributed by atoms with E-state index in [4.69, 9.17) is 23.2 Å². The minimum absolute atomic E-state index is 0.0334. The Bertz CT molecular complexity index is 605. The van der Waals surface area contributed by atoms with E-state index in [9.17, 15) is 9.90 Å². The number of hydrogen-bond acceptors (Lipinski definition) is 4. The Morgan fingerprint density at radius 2 is 2.06 bits per heavy atom. The highest BCUT2D eigenvalue weighted by Gasteiger charge is 2.13. The molecule has 0 saturated heterocycles. The molecule has 2 rings (SSSR count). The summed E-state index contributed by atoms with van der Waals surface area (Å²) in [5, 5.41) is 12.5. The molecular formula is C11H7Cl2N3O2. The lowest BCUT2D eigenvalue weighted by molar-refractivity contribution is 0.102. The molecule has 0 aliphatic rings. The van der Waals surface area contributed by atoms with Crippen molar-refractivity contribution in [3.63, 3.8) is 0 Å². The van der Waals surface area contributed by atoms with Crippen LogP contribution in [0, 0.1) is 0 Å². The summed E-state index contributed by atoms with van der Waals surface area (Å²) in [6, 6.07) is 5.63. The summed E-state index contributed by atoms with van der Waals surface area (Å²) in [5.74, 6) is -0.705. The molecule has 18 heavy (non-hydrogen) atoms. The summed E-state index contributed by atoms with van der Waals surface area (Å²) in [4.78, 5) is 19.5. The minimum Gasteiger partial charge on any atom is -0.507 e. The second-order valence-electron chi connectivity index (χ2n) is 3.32. The zero-order chi connectivity index (χ0) is 13.1. The second kappa shape index (κ2) is 5.20. The number of nitrogens with one attached hydrogen (secondary N) is 1. The van der Waals surface area contributed by atoms with E-state index in [1.54, 1.807) is 0 Å². The average molecular weight is 284 g/mol. The number of aromatic hydroxyl groups is 1. The summed E-state index contributed by atoms with van der Waals surface area (Å²) >= 11 is 11.4. The fourth-order valence-corrected chi connectivity index (χ4v) is 1.56. The van der Waals surface area contributed by atoms with Crippen LogP contribution >= 0.6 is 23.2 Å². The maximum absolute atomic E-state index is 11.8. The molecule has 0 aliphatic heterocycles. The van der Waals surface area contributed by atoms with E-state index >= 15 is 0 Å². The van der Waals surface area contributed by atoms with Gasteiger partial charge in [0, 0.05) is 11.2 Å². The number of phenolic OH excluding ortho intramolecular Hbond substituents is 1. The molecule has 0 aliphatic carbocycles. The Hall–Kier alpha value is -1.85. The highest BCUT2D eigenvalue weighted by atomic mass is 35.5. The molecule has 92 valence electrons. The van der Waals surface area contributed by atoms with Crippen LogP contribution in [-0.4, -0.2) is 21.0 Å². The number of benzene rings is 1. The molecule has 1 aromatic carbocycles. The number of halogens is 2. The maximum Gasteiger partial charge on any atom is 0.261 e. The lowest BCUT2D eigenvalue weighted by Crippen LogP contribution is -2.14. The molecule has 1 amide bonds. The average Bonchev–Trinajstić information content (AvgIpc) is 2.32. The van der Waals surface area contributed by atoms with E-state index in [1.807, 2.05) is 0 Å². The largest absolute Gasteiger partial charge is 0.507 e. The van der Waals surface area contributed by atoms with Gasteiger partial charge in [-0.15, -0.1) is 0 Å². The van der Waals surface area contributed by atoms with Crippen molar-refractivity contribution < 1.29 is 9.90 Å². The zero-order valence-corrected chi connectivity index (χ0v) is 10.4. The Labute approximate surface area is 112 Å². The van der Waals surface area contributed by atoms with Gasteiger partial charge in [-0.1, -0.05) is 23.2 Å². The first kappa shape index (κ1) is 12.6. The van der Waals surface area contributed by atoms with Gasteiger partial charge < -0.3 is 5.11 Å². The van der Waals surface area contributed by atoms with Gasteiger partial charge >= 0.3 is 0 Å². The van der Waals surface area contributed by atoms with Crippen LogP contribution in [0.15, 0.2) is 30.5 Å². The Morgan fingerprint density at radius 3 is 2.78 bits per heavy atom. The van der Waals surface area contributed by atoms with Crippen molar-refractivity contribution >= 4 is 35.1 Å². The van der Waals surface area contributed by atoms with Crippen LogP contribution in [0.5, 0.6) is 5.75 Å². The SMILES string of the molecule is O=C(Nc1nccc(Cl)n1)c1cc(Cl)ccc1O. The standard InChI is InChI=1S/C11H7Cl2N3O2/c12-6-1-2-8(17)7(5-6)10(18)16-11-14-4-3-9(13)15-11/h1-5,17H,(H,14,15,16,18). The molecule has 0 unspecified atom stereocenters. The first-order chi connectivity index (χ1) is 8.56. The first-order valence-corrected chi connectivity index (χ1v) is 5.60. The maximum atomic E-state index is 11.8. The van der Waals surface area contributed by atoms with Gasteiger partial charge in [0.15, 0.2) is 0 Å². The highest BCUT2D eigenvalue weighted by molar-refractivity contribution is 6.31. The summed E-state index contributed by atoms with van der Waals surface area (Å²) in [5.41, 5.74) is 0.0334. The third-order valence-electron chi connectivity index (χ3n) is 2.05. The summed E-state index contributed by atoms with van der Waals surface area (Å²) in [7, 11) is 0. The van der Waals surface area contributed by atoms with Crippen LogP contribution < -0.4 is 5.32 Å². The predicted molar refractivity (Wildman–Crippen MR) is 68.1 cm³/mol. The van der Waals surface area contributed by atoms with Gasteiger partial charge in [0.1, 0.15) is 10.9 Å². The normalized spacial score (nSPS) is 10.1. The number of amides is 1. The molecule has 1 aromatic heterocycles. The third kappa shape index (κ3) is 2.88. The number of phenols is 1. The van der Waals surface area contributed by atoms with Crippen LogP contribution in [0.1, 0.15) is 10.4 Å². The minimum atomic E-state index is -0.572. The third-order valence-corrected chi connectivity index (χ3v) is 2.50. The van der Waals surface area contributed by atoms with Crippen molar-refractivity contribution in [2.75, 3.05) is 5.32 Å². The smallest absolute Gasteiger partial charge is 0.261 e. The van der Waals surface area contributed by atoms with E-state index in [2.05, 4.69) is 15.3 Å².